The Bertz CT molecular complexity index is 289. The largest absolute Gasteiger partial charge is 0.300 e. The Morgan fingerprint density at radius 1 is 1.31 bits per heavy atom. The van der Waals surface area contributed by atoms with Gasteiger partial charge in [0.05, 0.1) is 0 Å². The molecule has 13 heavy (non-hydrogen) atoms. The van der Waals surface area contributed by atoms with Gasteiger partial charge in [-0.25, -0.2) is 0 Å². The Hall–Kier alpha value is -1.11. The van der Waals surface area contributed by atoms with Gasteiger partial charge in [-0.1, -0.05) is 31.2 Å². The van der Waals surface area contributed by atoms with Gasteiger partial charge in [0.2, 0.25) is 0 Å². The molecular formula is C12H16O. The van der Waals surface area contributed by atoms with E-state index in [0.29, 0.717) is 18.6 Å². The molecule has 0 fully saturated rings. The minimum atomic E-state index is 0.350. The first-order valence-corrected chi connectivity index (χ1v) is 4.80. The van der Waals surface area contributed by atoms with Crippen molar-refractivity contribution in [3.8, 4) is 0 Å². The standard InChI is InChI=1S/C12H16O/c1-3-12(13)9-8-11-7-5-4-6-10(11)2/h4-7H,3,8-9H2,1-2H3. The quantitative estimate of drug-likeness (QED) is 0.689. The molecule has 1 heteroatoms. The molecule has 0 unspecified atom stereocenters. The van der Waals surface area contributed by atoms with Gasteiger partial charge in [-0.2, -0.15) is 0 Å². The normalized spacial score (nSPS) is 10.0. The zero-order valence-corrected chi connectivity index (χ0v) is 8.34. The third-order valence-corrected chi connectivity index (χ3v) is 2.33. The Morgan fingerprint density at radius 2 is 2.00 bits per heavy atom. The van der Waals surface area contributed by atoms with Crippen LogP contribution in [-0.2, 0) is 11.2 Å². The molecule has 0 aliphatic carbocycles. The molecule has 0 saturated carbocycles. The van der Waals surface area contributed by atoms with Crippen molar-refractivity contribution in [3.63, 3.8) is 0 Å². The van der Waals surface area contributed by atoms with Crippen LogP contribution < -0.4 is 0 Å². The Labute approximate surface area is 79.8 Å². The van der Waals surface area contributed by atoms with Gasteiger partial charge in [0.15, 0.2) is 0 Å². The van der Waals surface area contributed by atoms with Gasteiger partial charge in [-0.15, -0.1) is 0 Å². The molecule has 0 aliphatic rings. The van der Waals surface area contributed by atoms with Gasteiger partial charge in [-0.05, 0) is 24.5 Å². The highest BCUT2D eigenvalue weighted by Gasteiger charge is 2.01. The summed E-state index contributed by atoms with van der Waals surface area (Å²) < 4.78 is 0. The second-order valence-electron chi connectivity index (χ2n) is 3.32. The van der Waals surface area contributed by atoms with Crippen LogP contribution in [0.5, 0.6) is 0 Å². The predicted molar refractivity (Wildman–Crippen MR) is 54.8 cm³/mol. The first-order valence-electron chi connectivity index (χ1n) is 4.80. The predicted octanol–water partition coefficient (Wildman–Crippen LogP) is 2.91. The number of Topliss-reactive ketones (excluding diaryl/α,β-unsaturated/α-hetero) is 1. The molecule has 1 nitrogen and oxygen atoms in total. The number of benzene rings is 1. The number of hydrogen-bond donors (Lipinski definition) is 0. The summed E-state index contributed by atoms with van der Waals surface area (Å²) >= 11 is 0. The number of carbonyl (C=O) groups is 1. The summed E-state index contributed by atoms with van der Waals surface area (Å²) in [5, 5.41) is 0. The van der Waals surface area contributed by atoms with Gasteiger partial charge in [0, 0.05) is 12.8 Å². The van der Waals surface area contributed by atoms with E-state index < -0.39 is 0 Å². The maximum absolute atomic E-state index is 11.1. The summed E-state index contributed by atoms with van der Waals surface area (Å²) in [6.45, 7) is 4.01. The number of rotatable bonds is 4. The first-order chi connectivity index (χ1) is 6.24. The van der Waals surface area contributed by atoms with Crippen LogP contribution in [0.15, 0.2) is 24.3 Å². The lowest BCUT2D eigenvalue weighted by Crippen LogP contribution is -1.98. The van der Waals surface area contributed by atoms with E-state index in [4.69, 9.17) is 0 Å². The fourth-order valence-corrected chi connectivity index (χ4v) is 1.34. The van der Waals surface area contributed by atoms with Crippen LogP contribution in [0.4, 0.5) is 0 Å². The van der Waals surface area contributed by atoms with Crippen molar-refractivity contribution in [2.24, 2.45) is 0 Å². The summed E-state index contributed by atoms with van der Waals surface area (Å²) in [6.07, 6.45) is 2.23. The van der Waals surface area contributed by atoms with Gasteiger partial charge in [0.1, 0.15) is 5.78 Å². The van der Waals surface area contributed by atoms with Crippen LogP contribution in [0.2, 0.25) is 0 Å². The molecule has 0 saturated heterocycles. The van der Waals surface area contributed by atoms with Crippen LogP contribution in [0.25, 0.3) is 0 Å². The molecule has 0 aliphatic heterocycles. The van der Waals surface area contributed by atoms with E-state index in [-0.39, 0.29) is 0 Å². The van der Waals surface area contributed by atoms with Gasteiger partial charge in [-0.3, -0.25) is 4.79 Å². The molecule has 1 aromatic rings. The summed E-state index contributed by atoms with van der Waals surface area (Å²) in [4.78, 5) is 11.1. The number of carbonyl (C=O) groups excluding carboxylic acids is 1. The molecule has 0 radical (unpaired) electrons. The van der Waals surface area contributed by atoms with Crippen molar-refractivity contribution >= 4 is 5.78 Å². The monoisotopic (exact) mass is 176 g/mol. The lowest BCUT2D eigenvalue weighted by molar-refractivity contribution is -0.118. The highest BCUT2D eigenvalue weighted by Crippen LogP contribution is 2.09. The summed E-state index contributed by atoms with van der Waals surface area (Å²) in [6, 6.07) is 8.24. The molecule has 0 heterocycles. The fraction of sp³-hybridized carbons (Fsp3) is 0.417. The van der Waals surface area contributed by atoms with Crippen molar-refractivity contribution < 1.29 is 4.79 Å². The van der Waals surface area contributed by atoms with E-state index in [0.717, 1.165) is 6.42 Å². The van der Waals surface area contributed by atoms with Gasteiger partial charge >= 0.3 is 0 Å². The SMILES string of the molecule is CCC(=O)CCc1ccccc1C. The Morgan fingerprint density at radius 3 is 2.62 bits per heavy atom. The highest BCUT2D eigenvalue weighted by molar-refractivity contribution is 5.78. The average Bonchev–Trinajstić information content (AvgIpc) is 2.16. The first kappa shape index (κ1) is 9.97. The molecule has 0 aromatic heterocycles. The van der Waals surface area contributed by atoms with Crippen LogP contribution >= 0.6 is 0 Å². The number of ketones is 1. The van der Waals surface area contributed by atoms with Crippen molar-refractivity contribution in [1.82, 2.24) is 0 Å². The topological polar surface area (TPSA) is 17.1 Å². The van der Waals surface area contributed by atoms with Crippen molar-refractivity contribution in [3.05, 3.63) is 35.4 Å². The second kappa shape index (κ2) is 4.80. The van der Waals surface area contributed by atoms with Gasteiger partial charge < -0.3 is 0 Å². The van der Waals surface area contributed by atoms with Crippen molar-refractivity contribution in [2.45, 2.75) is 33.1 Å². The molecule has 1 aromatic carbocycles. The third kappa shape index (κ3) is 3.02. The lowest BCUT2D eigenvalue weighted by atomic mass is 10.0. The zero-order chi connectivity index (χ0) is 9.68. The summed E-state index contributed by atoms with van der Waals surface area (Å²) in [5.41, 5.74) is 2.58. The molecule has 0 amide bonds. The molecule has 0 bridgehead atoms. The van der Waals surface area contributed by atoms with Crippen molar-refractivity contribution in [2.75, 3.05) is 0 Å². The molecular weight excluding hydrogens is 160 g/mol. The lowest BCUT2D eigenvalue weighted by Gasteiger charge is -2.03. The highest BCUT2D eigenvalue weighted by atomic mass is 16.1. The van der Waals surface area contributed by atoms with E-state index in [1.807, 2.05) is 19.1 Å². The molecule has 0 atom stereocenters. The van der Waals surface area contributed by atoms with E-state index in [1.165, 1.54) is 11.1 Å². The van der Waals surface area contributed by atoms with E-state index in [9.17, 15) is 4.79 Å². The maximum Gasteiger partial charge on any atom is 0.132 e. The smallest absolute Gasteiger partial charge is 0.132 e. The zero-order valence-electron chi connectivity index (χ0n) is 8.34. The molecule has 0 spiro atoms. The van der Waals surface area contributed by atoms with E-state index in [2.05, 4.69) is 19.1 Å². The third-order valence-electron chi connectivity index (χ3n) is 2.33. The molecule has 1 rings (SSSR count). The van der Waals surface area contributed by atoms with E-state index >= 15 is 0 Å². The second-order valence-corrected chi connectivity index (χ2v) is 3.32. The van der Waals surface area contributed by atoms with Crippen LogP contribution in [0.1, 0.15) is 30.9 Å². The summed E-state index contributed by atoms with van der Waals surface area (Å²) in [7, 11) is 0. The summed E-state index contributed by atoms with van der Waals surface area (Å²) in [5.74, 6) is 0.350. The van der Waals surface area contributed by atoms with E-state index in [1.54, 1.807) is 0 Å². The maximum atomic E-state index is 11.1. The van der Waals surface area contributed by atoms with Crippen LogP contribution in [-0.4, -0.2) is 5.78 Å². The van der Waals surface area contributed by atoms with Crippen molar-refractivity contribution in [1.29, 1.82) is 0 Å². The average molecular weight is 176 g/mol. The fourth-order valence-electron chi connectivity index (χ4n) is 1.34. The number of hydrogen-bond acceptors (Lipinski definition) is 1. The minimum Gasteiger partial charge on any atom is -0.300 e. The Kier molecular flexibility index (Phi) is 3.69. The van der Waals surface area contributed by atoms with Crippen LogP contribution in [0.3, 0.4) is 0 Å². The minimum absolute atomic E-state index is 0.350. The van der Waals surface area contributed by atoms with Gasteiger partial charge in [0.25, 0.3) is 0 Å². The Balaban J connectivity index is 2.54. The number of aryl methyl sites for hydroxylation is 2. The van der Waals surface area contributed by atoms with Crippen LogP contribution in [0, 0.1) is 6.92 Å². The molecule has 0 N–H and O–H groups in total. The molecule has 70 valence electrons.